The van der Waals surface area contributed by atoms with E-state index in [1.54, 1.807) is 18.5 Å². The number of aryl methyl sites for hydroxylation is 1. The van der Waals surface area contributed by atoms with Gasteiger partial charge in [-0.1, -0.05) is 29.3 Å². The van der Waals surface area contributed by atoms with Crippen molar-refractivity contribution in [2.24, 2.45) is 7.05 Å². The summed E-state index contributed by atoms with van der Waals surface area (Å²) >= 11 is 12.3. The summed E-state index contributed by atoms with van der Waals surface area (Å²) in [5, 5.41) is 1.22. The van der Waals surface area contributed by atoms with Crippen LogP contribution < -0.4 is 4.74 Å². The van der Waals surface area contributed by atoms with Gasteiger partial charge in [-0.2, -0.15) is 0 Å². The molecule has 5 heteroatoms. The minimum Gasteiger partial charge on any atom is -0.489 e. The number of benzene rings is 2. The van der Waals surface area contributed by atoms with E-state index in [9.17, 15) is 0 Å². The van der Waals surface area contributed by atoms with Crippen molar-refractivity contribution in [3.05, 3.63) is 70.6 Å². The molecule has 2 aromatic carbocycles. The van der Waals surface area contributed by atoms with Crippen LogP contribution in [0, 0.1) is 0 Å². The van der Waals surface area contributed by atoms with Gasteiger partial charge in [0, 0.05) is 34.4 Å². The van der Waals surface area contributed by atoms with E-state index in [-0.39, 0.29) is 0 Å². The van der Waals surface area contributed by atoms with E-state index >= 15 is 0 Å². The van der Waals surface area contributed by atoms with Gasteiger partial charge < -0.3 is 9.30 Å². The number of hydrogen-bond donors (Lipinski definition) is 0. The molecule has 3 nitrogen and oxygen atoms in total. The minimum absolute atomic E-state index is 0.335. The summed E-state index contributed by atoms with van der Waals surface area (Å²) in [7, 11) is 1.95. The second-order valence-corrected chi connectivity index (χ2v) is 5.75. The highest BCUT2D eigenvalue weighted by Gasteiger charge is 2.07. The Kier molecular flexibility index (Phi) is 4.36. The van der Waals surface area contributed by atoms with Crippen LogP contribution >= 0.6 is 23.2 Å². The molecule has 0 aliphatic carbocycles. The zero-order chi connectivity index (χ0) is 15.5. The predicted octanol–water partition coefficient (Wildman–Crippen LogP) is 4.97. The van der Waals surface area contributed by atoms with Crippen LogP contribution in [-0.4, -0.2) is 9.55 Å². The number of aromatic nitrogens is 2. The van der Waals surface area contributed by atoms with E-state index in [1.165, 1.54) is 0 Å². The van der Waals surface area contributed by atoms with Crippen molar-refractivity contribution in [1.29, 1.82) is 0 Å². The molecule has 0 saturated heterocycles. The van der Waals surface area contributed by atoms with E-state index < -0.39 is 0 Å². The van der Waals surface area contributed by atoms with Crippen LogP contribution in [0.1, 0.15) is 5.56 Å². The van der Waals surface area contributed by atoms with Crippen molar-refractivity contribution >= 4 is 23.2 Å². The summed E-state index contributed by atoms with van der Waals surface area (Å²) in [6, 6.07) is 13.2. The van der Waals surface area contributed by atoms with Crippen LogP contribution in [0.3, 0.4) is 0 Å². The molecule has 1 heterocycles. The molecule has 112 valence electrons. The lowest BCUT2D eigenvalue weighted by Crippen LogP contribution is -1.97. The lowest BCUT2D eigenvalue weighted by molar-refractivity contribution is 0.306. The SMILES string of the molecule is Cn1cnc(-c2ccc(OCc3c(Cl)cccc3Cl)cc2)c1. The fourth-order valence-electron chi connectivity index (χ4n) is 2.11. The maximum absolute atomic E-state index is 6.13. The van der Waals surface area contributed by atoms with Crippen LogP contribution in [0.2, 0.25) is 10.0 Å². The molecule has 3 rings (SSSR count). The van der Waals surface area contributed by atoms with Gasteiger partial charge in [0.15, 0.2) is 0 Å². The number of rotatable bonds is 4. The first-order chi connectivity index (χ1) is 10.6. The molecular formula is C17H14Cl2N2O. The fraction of sp³-hybridized carbons (Fsp3) is 0.118. The van der Waals surface area contributed by atoms with Crippen molar-refractivity contribution in [2.45, 2.75) is 6.61 Å². The molecule has 22 heavy (non-hydrogen) atoms. The lowest BCUT2D eigenvalue weighted by Gasteiger charge is -2.09. The van der Waals surface area contributed by atoms with E-state index in [1.807, 2.05) is 48.1 Å². The summed E-state index contributed by atoms with van der Waals surface area (Å²) in [6.07, 6.45) is 3.75. The van der Waals surface area contributed by atoms with E-state index in [4.69, 9.17) is 27.9 Å². The van der Waals surface area contributed by atoms with Crippen molar-refractivity contribution < 1.29 is 4.74 Å². The summed E-state index contributed by atoms with van der Waals surface area (Å²) in [5.74, 6) is 0.760. The first kappa shape index (κ1) is 14.9. The molecular weight excluding hydrogens is 319 g/mol. The van der Waals surface area contributed by atoms with Gasteiger partial charge in [-0.3, -0.25) is 0 Å². The highest BCUT2D eigenvalue weighted by atomic mass is 35.5. The van der Waals surface area contributed by atoms with Crippen molar-refractivity contribution in [2.75, 3.05) is 0 Å². The Morgan fingerprint density at radius 3 is 2.32 bits per heavy atom. The van der Waals surface area contributed by atoms with Gasteiger partial charge in [0.05, 0.1) is 12.0 Å². The number of ether oxygens (including phenoxy) is 1. The highest BCUT2D eigenvalue weighted by Crippen LogP contribution is 2.26. The second-order valence-electron chi connectivity index (χ2n) is 4.94. The van der Waals surface area contributed by atoms with Crippen LogP contribution in [0.4, 0.5) is 0 Å². The maximum Gasteiger partial charge on any atom is 0.119 e. The average Bonchev–Trinajstić information content (AvgIpc) is 2.94. The molecule has 0 atom stereocenters. The van der Waals surface area contributed by atoms with Crippen LogP contribution in [-0.2, 0) is 13.7 Å². The Hall–Kier alpha value is -1.97. The molecule has 0 spiro atoms. The molecule has 0 aliphatic rings. The van der Waals surface area contributed by atoms with Gasteiger partial charge in [-0.15, -0.1) is 0 Å². The highest BCUT2D eigenvalue weighted by molar-refractivity contribution is 6.35. The Morgan fingerprint density at radius 2 is 1.73 bits per heavy atom. The smallest absolute Gasteiger partial charge is 0.119 e. The van der Waals surface area contributed by atoms with Gasteiger partial charge in [0.1, 0.15) is 12.4 Å². The number of nitrogens with zero attached hydrogens (tertiary/aromatic N) is 2. The third-order valence-corrected chi connectivity index (χ3v) is 4.01. The third kappa shape index (κ3) is 3.26. The van der Waals surface area contributed by atoms with E-state index in [0.717, 1.165) is 22.6 Å². The summed E-state index contributed by atoms with van der Waals surface area (Å²) < 4.78 is 7.67. The Labute approximate surface area is 139 Å². The van der Waals surface area contributed by atoms with Crippen LogP contribution in [0.25, 0.3) is 11.3 Å². The van der Waals surface area contributed by atoms with E-state index in [0.29, 0.717) is 16.7 Å². The fourth-order valence-corrected chi connectivity index (χ4v) is 2.62. The average molecular weight is 333 g/mol. The molecule has 0 saturated carbocycles. The zero-order valence-corrected chi connectivity index (χ0v) is 13.5. The Bertz CT molecular complexity index is 761. The molecule has 0 amide bonds. The van der Waals surface area contributed by atoms with Gasteiger partial charge in [0.2, 0.25) is 0 Å². The molecule has 0 unspecified atom stereocenters. The van der Waals surface area contributed by atoms with Crippen LogP contribution in [0.5, 0.6) is 5.75 Å². The largest absolute Gasteiger partial charge is 0.489 e. The van der Waals surface area contributed by atoms with Gasteiger partial charge in [-0.05, 0) is 36.4 Å². The first-order valence-corrected chi connectivity index (χ1v) is 7.53. The molecule has 0 aliphatic heterocycles. The monoisotopic (exact) mass is 332 g/mol. The summed E-state index contributed by atoms with van der Waals surface area (Å²) in [4.78, 5) is 4.32. The summed E-state index contributed by atoms with van der Waals surface area (Å²) in [5.41, 5.74) is 2.77. The molecule has 1 aromatic heterocycles. The second kappa shape index (κ2) is 6.42. The molecule has 0 bridgehead atoms. The molecule has 0 fully saturated rings. The van der Waals surface area contributed by atoms with Crippen LogP contribution in [0.15, 0.2) is 55.0 Å². The van der Waals surface area contributed by atoms with Gasteiger partial charge in [-0.25, -0.2) is 4.98 Å². The molecule has 0 N–H and O–H groups in total. The number of imidazole rings is 1. The number of hydrogen-bond acceptors (Lipinski definition) is 2. The molecule has 0 radical (unpaired) electrons. The molecule has 3 aromatic rings. The Balaban J connectivity index is 1.71. The lowest BCUT2D eigenvalue weighted by atomic mass is 10.1. The topological polar surface area (TPSA) is 27.1 Å². The van der Waals surface area contributed by atoms with Crippen molar-refractivity contribution in [3.63, 3.8) is 0 Å². The summed E-state index contributed by atoms with van der Waals surface area (Å²) in [6.45, 7) is 0.335. The van der Waals surface area contributed by atoms with E-state index in [2.05, 4.69) is 4.98 Å². The minimum atomic E-state index is 0.335. The standard InChI is InChI=1S/C17H14Cl2N2O/c1-21-9-17(20-11-21)12-5-7-13(8-6-12)22-10-14-15(18)3-2-4-16(14)19/h2-9,11H,10H2,1H3. The normalized spacial score (nSPS) is 10.7. The van der Waals surface area contributed by atoms with Crippen molar-refractivity contribution in [1.82, 2.24) is 9.55 Å². The maximum atomic E-state index is 6.13. The predicted molar refractivity (Wildman–Crippen MR) is 89.4 cm³/mol. The van der Waals surface area contributed by atoms with Gasteiger partial charge >= 0.3 is 0 Å². The quantitative estimate of drug-likeness (QED) is 0.674. The first-order valence-electron chi connectivity index (χ1n) is 6.77. The Morgan fingerprint density at radius 1 is 1.05 bits per heavy atom. The zero-order valence-electron chi connectivity index (χ0n) is 12.0. The van der Waals surface area contributed by atoms with Crippen molar-refractivity contribution in [3.8, 4) is 17.0 Å². The number of halogens is 2. The third-order valence-electron chi connectivity index (χ3n) is 3.30. The van der Waals surface area contributed by atoms with Gasteiger partial charge in [0.25, 0.3) is 0 Å².